The number of thioether (sulfide) groups is 1. The molecule has 1 atom stereocenters. The second-order valence-corrected chi connectivity index (χ2v) is 8.55. The Morgan fingerprint density at radius 1 is 0.970 bits per heavy atom. The Kier molecular flexibility index (Phi) is 6.95. The number of imide groups is 1. The van der Waals surface area contributed by atoms with E-state index in [4.69, 9.17) is 4.74 Å². The van der Waals surface area contributed by atoms with E-state index in [-0.39, 0.29) is 24.3 Å². The normalized spacial score (nSPS) is 15.4. The van der Waals surface area contributed by atoms with E-state index in [1.165, 1.54) is 16.7 Å². The highest BCUT2D eigenvalue weighted by molar-refractivity contribution is 8.00. The zero-order valence-electron chi connectivity index (χ0n) is 18.0. The van der Waals surface area contributed by atoms with Crippen LogP contribution < -0.4 is 20.3 Å². The highest BCUT2D eigenvalue weighted by Gasteiger charge is 2.40. The van der Waals surface area contributed by atoms with Crippen molar-refractivity contribution in [1.82, 2.24) is 0 Å². The van der Waals surface area contributed by atoms with Crippen molar-refractivity contribution < 1.29 is 19.1 Å². The zero-order chi connectivity index (χ0) is 23.2. The molecule has 0 bridgehead atoms. The number of amides is 4. The Morgan fingerprint density at radius 2 is 1.67 bits per heavy atom. The number of benzene rings is 3. The average Bonchev–Trinajstić information content (AvgIpc) is 3.08. The molecule has 0 aliphatic carbocycles. The van der Waals surface area contributed by atoms with Crippen molar-refractivity contribution in [3.05, 3.63) is 78.9 Å². The topological polar surface area (TPSA) is 87.7 Å². The van der Waals surface area contributed by atoms with Crippen molar-refractivity contribution in [2.45, 2.75) is 23.5 Å². The summed E-state index contributed by atoms with van der Waals surface area (Å²) < 4.78 is 5.42. The number of ether oxygens (including phenoxy) is 1. The van der Waals surface area contributed by atoms with Crippen molar-refractivity contribution >= 4 is 46.7 Å². The van der Waals surface area contributed by atoms with E-state index < -0.39 is 5.25 Å². The molecule has 1 heterocycles. The van der Waals surface area contributed by atoms with Gasteiger partial charge in [-0.25, -0.2) is 9.69 Å². The third-order valence-corrected chi connectivity index (χ3v) is 6.09. The molecule has 4 amide bonds. The summed E-state index contributed by atoms with van der Waals surface area (Å²) in [7, 11) is 0. The van der Waals surface area contributed by atoms with Crippen LogP contribution in [0.15, 0.2) is 83.8 Å². The lowest BCUT2D eigenvalue weighted by Crippen LogP contribution is -2.31. The Balaban J connectivity index is 1.40. The summed E-state index contributed by atoms with van der Waals surface area (Å²) >= 11 is 1.31. The minimum atomic E-state index is -0.530. The number of nitrogens with zero attached hydrogens (tertiary/aromatic N) is 1. The molecule has 0 aromatic heterocycles. The molecular weight excluding hydrogens is 438 g/mol. The summed E-state index contributed by atoms with van der Waals surface area (Å²) in [5.41, 5.74) is 1.81. The number of anilines is 3. The lowest BCUT2D eigenvalue weighted by Gasteiger charge is -2.15. The number of carbonyl (C=O) groups excluding carboxylic acids is 3. The van der Waals surface area contributed by atoms with Gasteiger partial charge in [0.05, 0.1) is 17.5 Å². The number of urea groups is 1. The smallest absolute Gasteiger partial charge is 0.323 e. The standard InChI is InChI=1S/C25H23N3O4S/c1-2-32-20-13-11-19(12-14-20)28-23(29)16-22(24(28)30)33-21-10-6-9-18(15-21)27-25(31)26-17-7-4-3-5-8-17/h3-15,22H,2,16H2,1H3,(H2,26,27,31)/t22-/m0/s1. The number of para-hydroxylation sites is 1. The van der Waals surface area contributed by atoms with Gasteiger partial charge >= 0.3 is 6.03 Å². The highest BCUT2D eigenvalue weighted by Crippen LogP contribution is 2.35. The van der Waals surface area contributed by atoms with Crippen LogP contribution >= 0.6 is 11.8 Å². The largest absolute Gasteiger partial charge is 0.494 e. The molecule has 1 aliphatic rings. The third kappa shape index (κ3) is 5.53. The molecule has 1 fully saturated rings. The summed E-state index contributed by atoms with van der Waals surface area (Å²) in [6.07, 6.45) is 0.114. The van der Waals surface area contributed by atoms with E-state index in [2.05, 4.69) is 10.6 Å². The molecule has 3 aromatic rings. The van der Waals surface area contributed by atoms with Crippen LogP contribution in [0.4, 0.5) is 21.9 Å². The summed E-state index contributed by atoms with van der Waals surface area (Å²) in [6.45, 7) is 2.44. The molecule has 2 N–H and O–H groups in total. The highest BCUT2D eigenvalue weighted by atomic mass is 32.2. The predicted molar refractivity (Wildman–Crippen MR) is 130 cm³/mol. The van der Waals surface area contributed by atoms with Crippen LogP contribution in [0.25, 0.3) is 0 Å². The van der Waals surface area contributed by atoms with E-state index in [1.807, 2.05) is 31.2 Å². The summed E-state index contributed by atoms with van der Waals surface area (Å²) in [4.78, 5) is 39.8. The van der Waals surface area contributed by atoms with Crippen LogP contribution in [0.1, 0.15) is 13.3 Å². The van der Waals surface area contributed by atoms with Crippen LogP contribution in [0.2, 0.25) is 0 Å². The summed E-state index contributed by atoms with van der Waals surface area (Å²) in [5.74, 6) is 0.194. The van der Waals surface area contributed by atoms with Crippen LogP contribution in [-0.2, 0) is 9.59 Å². The van der Waals surface area contributed by atoms with Gasteiger partial charge in [0.1, 0.15) is 5.75 Å². The third-order valence-electron chi connectivity index (χ3n) is 4.91. The Morgan fingerprint density at radius 3 is 2.39 bits per heavy atom. The van der Waals surface area contributed by atoms with Gasteiger partial charge in [0.25, 0.3) is 0 Å². The quantitative estimate of drug-likeness (QED) is 0.475. The molecule has 7 nitrogen and oxygen atoms in total. The molecule has 1 saturated heterocycles. The second-order valence-electron chi connectivity index (χ2n) is 7.28. The first-order valence-corrected chi connectivity index (χ1v) is 11.4. The molecule has 168 valence electrons. The fourth-order valence-electron chi connectivity index (χ4n) is 3.45. The molecule has 0 saturated carbocycles. The van der Waals surface area contributed by atoms with Crippen molar-refractivity contribution in [3.8, 4) is 5.75 Å². The molecule has 3 aromatic carbocycles. The monoisotopic (exact) mass is 461 g/mol. The van der Waals surface area contributed by atoms with E-state index in [1.54, 1.807) is 54.6 Å². The Labute approximate surface area is 196 Å². The van der Waals surface area contributed by atoms with E-state index in [9.17, 15) is 14.4 Å². The van der Waals surface area contributed by atoms with Crippen LogP contribution in [0, 0.1) is 0 Å². The van der Waals surface area contributed by atoms with E-state index in [0.29, 0.717) is 29.4 Å². The SMILES string of the molecule is CCOc1ccc(N2C(=O)C[C@H](Sc3cccc(NC(=O)Nc4ccccc4)c3)C2=O)cc1. The van der Waals surface area contributed by atoms with Gasteiger partial charge in [-0.05, 0) is 61.5 Å². The van der Waals surface area contributed by atoms with Gasteiger partial charge < -0.3 is 15.4 Å². The lowest BCUT2D eigenvalue weighted by molar-refractivity contribution is -0.121. The Hall–Kier alpha value is -3.78. The van der Waals surface area contributed by atoms with Crippen molar-refractivity contribution in [2.75, 3.05) is 22.1 Å². The summed E-state index contributed by atoms with van der Waals surface area (Å²) in [6, 6.07) is 22.9. The number of hydrogen-bond donors (Lipinski definition) is 2. The minimum Gasteiger partial charge on any atom is -0.494 e. The molecule has 1 aliphatic heterocycles. The summed E-state index contributed by atoms with van der Waals surface area (Å²) in [5, 5.41) is 5.02. The van der Waals surface area contributed by atoms with Gasteiger partial charge in [-0.3, -0.25) is 9.59 Å². The molecule has 4 rings (SSSR count). The fourth-order valence-corrected chi connectivity index (χ4v) is 4.56. The maximum Gasteiger partial charge on any atom is 0.323 e. The van der Waals surface area contributed by atoms with Gasteiger partial charge in [-0.2, -0.15) is 0 Å². The van der Waals surface area contributed by atoms with Gasteiger partial charge in [-0.15, -0.1) is 11.8 Å². The second kappa shape index (κ2) is 10.2. The lowest BCUT2D eigenvalue weighted by atomic mass is 10.3. The first-order valence-electron chi connectivity index (χ1n) is 10.5. The van der Waals surface area contributed by atoms with Gasteiger partial charge in [0, 0.05) is 22.7 Å². The molecule has 33 heavy (non-hydrogen) atoms. The van der Waals surface area contributed by atoms with Gasteiger partial charge in [0.15, 0.2) is 0 Å². The van der Waals surface area contributed by atoms with Gasteiger partial charge in [0.2, 0.25) is 11.8 Å². The average molecular weight is 462 g/mol. The maximum absolute atomic E-state index is 13.0. The van der Waals surface area contributed by atoms with Crippen LogP contribution in [-0.4, -0.2) is 29.7 Å². The molecule has 0 radical (unpaired) electrons. The molecule has 0 unspecified atom stereocenters. The number of rotatable bonds is 7. The zero-order valence-corrected chi connectivity index (χ0v) is 18.8. The number of carbonyl (C=O) groups is 3. The van der Waals surface area contributed by atoms with Crippen molar-refractivity contribution in [1.29, 1.82) is 0 Å². The fraction of sp³-hybridized carbons (Fsp3) is 0.160. The van der Waals surface area contributed by atoms with Crippen molar-refractivity contribution in [2.24, 2.45) is 0 Å². The number of hydrogen-bond acceptors (Lipinski definition) is 5. The molecule has 0 spiro atoms. The minimum absolute atomic E-state index is 0.114. The molecular formula is C25H23N3O4S. The predicted octanol–water partition coefficient (Wildman–Crippen LogP) is 5.15. The van der Waals surface area contributed by atoms with Crippen LogP contribution in [0.5, 0.6) is 5.75 Å². The number of nitrogens with one attached hydrogen (secondary N) is 2. The molecule has 8 heteroatoms. The maximum atomic E-state index is 13.0. The van der Waals surface area contributed by atoms with E-state index in [0.717, 1.165) is 4.90 Å². The van der Waals surface area contributed by atoms with Gasteiger partial charge in [-0.1, -0.05) is 24.3 Å². The van der Waals surface area contributed by atoms with Crippen LogP contribution in [0.3, 0.4) is 0 Å². The Bertz CT molecular complexity index is 1150. The first kappa shape index (κ1) is 22.4. The van der Waals surface area contributed by atoms with Crippen molar-refractivity contribution in [3.63, 3.8) is 0 Å². The van der Waals surface area contributed by atoms with E-state index >= 15 is 0 Å². The first-order chi connectivity index (χ1) is 16.0.